The van der Waals surface area contributed by atoms with Crippen molar-refractivity contribution in [1.82, 2.24) is 0 Å². The van der Waals surface area contributed by atoms with Crippen LogP contribution in [0, 0.1) is 0 Å². The molecule has 0 bridgehead atoms. The van der Waals surface area contributed by atoms with E-state index in [0.717, 1.165) is 0 Å². The van der Waals surface area contributed by atoms with Gasteiger partial charge in [0, 0.05) is 11.1 Å². The number of hydrogen-bond acceptors (Lipinski definition) is 12. The first-order chi connectivity index (χ1) is 26.9. The minimum absolute atomic E-state index is 0.254. The van der Waals surface area contributed by atoms with Crippen LogP contribution in [0.25, 0.3) is 11.1 Å². The summed E-state index contributed by atoms with van der Waals surface area (Å²) >= 11 is 13.3. The van der Waals surface area contributed by atoms with E-state index in [1.165, 1.54) is 26.0 Å². The van der Waals surface area contributed by atoms with Crippen molar-refractivity contribution < 1.29 is 38.1 Å². The van der Waals surface area contributed by atoms with Crippen molar-refractivity contribution in [3.05, 3.63) is 82.8 Å². The number of hydrogen-bond donors (Lipinski definition) is 2. The summed E-state index contributed by atoms with van der Waals surface area (Å²) in [6.45, 7) is 11.2. The van der Waals surface area contributed by atoms with Gasteiger partial charge in [-0.3, -0.25) is 19.2 Å². The lowest BCUT2D eigenvalue weighted by atomic mass is 10.0. The second-order valence-electron chi connectivity index (χ2n) is 11.8. The van der Waals surface area contributed by atoms with E-state index in [9.17, 15) is 19.2 Å². The third-order valence-corrected chi connectivity index (χ3v) is 8.32. The fourth-order valence-corrected chi connectivity index (χ4v) is 5.76. The number of ether oxygens (including phenoxy) is 4. The van der Waals surface area contributed by atoms with Crippen LogP contribution in [0.3, 0.4) is 0 Å². The molecule has 0 saturated heterocycles. The molecule has 2 amide bonds. The zero-order valence-corrected chi connectivity index (χ0v) is 33.2. The van der Waals surface area contributed by atoms with Crippen LogP contribution < -0.4 is 29.6 Å². The number of rotatable bonds is 19. The topological polar surface area (TPSA) is 179 Å². The molecule has 0 aliphatic carbocycles. The van der Waals surface area contributed by atoms with Crippen molar-refractivity contribution in [1.29, 1.82) is 0 Å². The molecule has 2 atom stereocenters. The predicted octanol–water partition coefficient (Wildman–Crippen LogP) is 9.62. The van der Waals surface area contributed by atoms with Gasteiger partial charge < -0.3 is 29.6 Å². The Bertz CT molecular complexity index is 1980. The molecule has 294 valence electrons. The molecule has 0 radical (unpaired) electrons. The van der Waals surface area contributed by atoms with Crippen LogP contribution in [0.1, 0.15) is 41.5 Å². The van der Waals surface area contributed by atoms with Gasteiger partial charge in [-0.2, -0.15) is 20.5 Å². The van der Waals surface area contributed by atoms with Gasteiger partial charge in [-0.1, -0.05) is 47.5 Å². The minimum Gasteiger partial charge on any atom is -0.490 e. The highest BCUT2D eigenvalue weighted by molar-refractivity contribution is 6.36. The quantitative estimate of drug-likeness (QED) is 0.0695. The molecule has 56 heavy (non-hydrogen) atoms. The number of anilines is 2. The van der Waals surface area contributed by atoms with Crippen LogP contribution in [-0.2, 0) is 19.2 Å². The molecule has 0 spiro atoms. The van der Waals surface area contributed by atoms with Crippen LogP contribution in [0.15, 0.2) is 93.3 Å². The molecule has 14 nitrogen and oxygen atoms in total. The molecule has 4 rings (SSSR count). The van der Waals surface area contributed by atoms with E-state index >= 15 is 0 Å². The number of azo groups is 2. The van der Waals surface area contributed by atoms with Crippen LogP contribution in [0.2, 0.25) is 10.0 Å². The number of carbonyl (C=O) groups is 4. The molecular formula is C40H42Cl2N6O8. The van der Waals surface area contributed by atoms with Crippen LogP contribution in [0.4, 0.5) is 22.7 Å². The first-order valence-corrected chi connectivity index (χ1v) is 18.5. The summed E-state index contributed by atoms with van der Waals surface area (Å²) in [4.78, 5) is 51.3. The lowest BCUT2D eigenvalue weighted by Gasteiger charge is -2.16. The Labute approximate surface area is 334 Å². The summed E-state index contributed by atoms with van der Waals surface area (Å²) in [5.74, 6) is -0.918. The van der Waals surface area contributed by atoms with Gasteiger partial charge in [0.05, 0.1) is 59.2 Å². The SMILES string of the molecule is CCOc1cccc(NC(=O)C(N=Nc2ccc(-c3ccc(N=NC(C(C)=O)C(=O)Nc4cccc(OCC)c4OCC)cc3Cl)c(Cl)c2)C(C)=O)c1OCC. The third-order valence-electron chi connectivity index (χ3n) is 7.69. The van der Waals surface area contributed by atoms with Gasteiger partial charge in [-0.25, -0.2) is 0 Å². The predicted molar refractivity (Wildman–Crippen MR) is 215 cm³/mol. The summed E-state index contributed by atoms with van der Waals surface area (Å²) < 4.78 is 22.6. The van der Waals surface area contributed by atoms with Gasteiger partial charge in [0.15, 0.2) is 34.6 Å². The Balaban J connectivity index is 1.49. The minimum atomic E-state index is -1.46. The van der Waals surface area contributed by atoms with Crippen LogP contribution in [0.5, 0.6) is 23.0 Å². The molecule has 2 unspecified atom stereocenters. The molecular weight excluding hydrogens is 763 g/mol. The standard InChI is InChI=1S/C40H42Cl2N6O8/c1-7-53-33-15-11-13-31(37(33)55-9-3)43-39(51)35(23(5)49)47-45-25-17-19-27(29(41)21-25)28-20-18-26(22-30(28)42)46-48-36(24(6)50)40(52)44-32-14-12-16-34(54-8-2)38(32)56-10-4/h11-22,35-36H,7-10H2,1-6H3,(H,43,51)(H,44,52). The van der Waals surface area contributed by atoms with Crippen LogP contribution >= 0.6 is 23.2 Å². The number of benzene rings is 4. The highest BCUT2D eigenvalue weighted by atomic mass is 35.5. The number of Topliss-reactive ketones (excluding diaryl/α,β-unsaturated/α-hetero) is 2. The fourth-order valence-electron chi connectivity index (χ4n) is 5.21. The van der Waals surface area contributed by atoms with Crippen molar-refractivity contribution in [2.75, 3.05) is 37.1 Å². The highest BCUT2D eigenvalue weighted by Crippen LogP contribution is 2.39. The number of nitrogens with zero attached hydrogens (tertiary/aromatic N) is 4. The maximum absolute atomic E-state index is 13.2. The molecule has 0 fully saturated rings. The fraction of sp³-hybridized carbons (Fsp3) is 0.300. The normalized spacial score (nSPS) is 12.2. The number of nitrogens with one attached hydrogen (secondary N) is 2. The second-order valence-corrected chi connectivity index (χ2v) is 12.6. The smallest absolute Gasteiger partial charge is 0.258 e. The van der Waals surface area contributed by atoms with Crippen molar-refractivity contribution in [3.63, 3.8) is 0 Å². The average Bonchev–Trinajstić information content (AvgIpc) is 3.15. The van der Waals surface area contributed by atoms with Gasteiger partial charge in [-0.15, -0.1) is 0 Å². The Morgan fingerprint density at radius 1 is 0.571 bits per heavy atom. The monoisotopic (exact) mass is 804 g/mol. The van der Waals surface area contributed by atoms with Gasteiger partial charge in [0.1, 0.15) is 0 Å². The van der Waals surface area contributed by atoms with E-state index < -0.39 is 35.5 Å². The lowest BCUT2D eigenvalue weighted by molar-refractivity contribution is -0.127. The molecule has 0 aliphatic rings. The van der Waals surface area contributed by atoms with E-state index in [0.29, 0.717) is 71.9 Å². The maximum atomic E-state index is 13.2. The summed E-state index contributed by atoms with van der Waals surface area (Å²) in [5, 5.41) is 22.2. The largest absolute Gasteiger partial charge is 0.490 e. The molecule has 0 heterocycles. The Morgan fingerprint density at radius 2 is 0.946 bits per heavy atom. The molecule has 4 aromatic carbocycles. The number of carbonyl (C=O) groups excluding carboxylic acids is 4. The number of para-hydroxylation sites is 2. The molecule has 4 aromatic rings. The summed E-state index contributed by atoms with van der Waals surface area (Å²) in [6.07, 6.45) is 0. The van der Waals surface area contributed by atoms with Crippen molar-refractivity contribution in [2.45, 2.75) is 53.6 Å². The third kappa shape index (κ3) is 11.1. The zero-order valence-electron chi connectivity index (χ0n) is 31.7. The van der Waals surface area contributed by atoms with Crippen LogP contribution in [-0.4, -0.2) is 61.9 Å². The van der Waals surface area contributed by atoms with Crippen molar-refractivity contribution >= 4 is 69.3 Å². The van der Waals surface area contributed by atoms with Gasteiger partial charge in [0.25, 0.3) is 11.8 Å². The van der Waals surface area contributed by atoms with E-state index in [-0.39, 0.29) is 21.4 Å². The second kappa shape index (κ2) is 20.7. The van der Waals surface area contributed by atoms with Crippen molar-refractivity contribution in [2.24, 2.45) is 20.5 Å². The van der Waals surface area contributed by atoms with Gasteiger partial charge in [0.2, 0.25) is 12.1 Å². The average molecular weight is 806 g/mol. The molecule has 0 saturated carbocycles. The Morgan fingerprint density at radius 3 is 1.27 bits per heavy atom. The maximum Gasteiger partial charge on any atom is 0.258 e. The van der Waals surface area contributed by atoms with Gasteiger partial charge >= 0.3 is 0 Å². The summed E-state index contributed by atoms with van der Waals surface area (Å²) in [6, 6.07) is 16.7. The molecule has 16 heteroatoms. The summed E-state index contributed by atoms with van der Waals surface area (Å²) in [7, 11) is 0. The summed E-state index contributed by atoms with van der Waals surface area (Å²) in [5.41, 5.74) is 2.28. The zero-order chi connectivity index (χ0) is 40.8. The first-order valence-electron chi connectivity index (χ1n) is 17.7. The molecule has 0 aliphatic heterocycles. The number of halogens is 2. The first kappa shape index (κ1) is 42.9. The molecule has 2 N–H and O–H groups in total. The van der Waals surface area contributed by atoms with Gasteiger partial charge in [-0.05, 0) is 90.1 Å². The van der Waals surface area contributed by atoms with E-state index in [1.807, 2.05) is 13.8 Å². The number of amides is 2. The lowest BCUT2D eigenvalue weighted by Crippen LogP contribution is -2.32. The van der Waals surface area contributed by atoms with Crippen molar-refractivity contribution in [3.8, 4) is 34.1 Å². The number of ketones is 2. The highest BCUT2D eigenvalue weighted by Gasteiger charge is 2.26. The van der Waals surface area contributed by atoms with E-state index in [4.69, 9.17) is 42.1 Å². The Kier molecular flexibility index (Phi) is 15.9. The van der Waals surface area contributed by atoms with E-state index in [2.05, 4.69) is 31.1 Å². The van der Waals surface area contributed by atoms with E-state index in [1.54, 1.807) is 74.5 Å². The Hall–Kier alpha value is -5.86. The molecule has 0 aromatic heterocycles.